The average molecular weight is 288 g/mol. The Morgan fingerprint density at radius 1 is 1.53 bits per heavy atom. The minimum Gasteiger partial charge on any atom is -0.448 e. The second-order valence-electron chi connectivity index (χ2n) is 6.46. The van der Waals surface area contributed by atoms with Gasteiger partial charge in [0.05, 0.1) is 6.10 Å². The van der Waals surface area contributed by atoms with Crippen molar-refractivity contribution in [3.63, 3.8) is 0 Å². The fourth-order valence-corrected chi connectivity index (χ4v) is 3.09. The van der Waals surface area contributed by atoms with Gasteiger partial charge in [-0.05, 0) is 31.9 Å². The van der Waals surface area contributed by atoms with Crippen molar-refractivity contribution in [1.29, 1.82) is 0 Å². The van der Waals surface area contributed by atoms with Crippen LogP contribution in [0.5, 0.6) is 0 Å². The van der Waals surface area contributed by atoms with Crippen LogP contribution in [0, 0.1) is 0 Å². The molecule has 0 aromatic heterocycles. The van der Waals surface area contributed by atoms with E-state index in [9.17, 15) is 4.79 Å². The van der Waals surface area contributed by atoms with E-state index in [2.05, 4.69) is 25.0 Å². The van der Waals surface area contributed by atoms with Gasteiger partial charge in [-0.3, -0.25) is 0 Å². The molecule has 0 bridgehead atoms. The van der Waals surface area contributed by atoms with Crippen molar-refractivity contribution in [2.24, 2.45) is 5.73 Å². The predicted molar refractivity (Wildman–Crippen MR) is 79.1 cm³/mol. The van der Waals surface area contributed by atoms with Crippen molar-refractivity contribution in [3.05, 3.63) is 0 Å². The molecule has 0 spiro atoms. The number of ether oxygens (including phenoxy) is 2. The molecule has 1 rings (SSSR count). The summed E-state index contributed by atoms with van der Waals surface area (Å²) >= 11 is 0. The van der Waals surface area contributed by atoms with E-state index < -0.39 is 14.2 Å². The fraction of sp³-hybridized carbons (Fsp3) is 0.923. The second kappa shape index (κ2) is 7.87. The van der Waals surface area contributed by atoms with Gasteiger partial charge in [0.15, 0.2) is 0 Å². The normalized spacial score (nSPS) is 21.3. The molecule has 1 heterocycles. The zero-order valence-electron chi connectivity index (χ0n) is 12.4. The average Bonchev–Trinajstić information content (AvgIpc) is 2.76. The van der Waals surface area contributed by atoms with Crippen molar-refractivity contribution in [2.45, 2.75) is 57.1 Å². The fourth-order valence-electron chi connectivity index (χ4n) is 2.19. The van der Waals surface area contributed by atoms with Gasteiger partial charge in [0, 0.05) is 20.7 Å². The molecule has 0 unspecified atom stereocenters. The van der Waals surface area contributed by atoms with E-state index in [1.807, 2.05) is 0 Å². The lowest BCUT2D eigenvalue weighted by Crippen LogP contribution is -2.40. The maximum Gasteiger partial charge on any atom is 0.404 e. The highest BCUT2D eigenvalue weighted by atomic mass is 28.3. The molecule has 6 heteroatoms. The summed E-state index contributed by atoms with van der Waals surface area (Å²) in [5.41, 5.74) is 5.03. The van der Waals surface area contributed by atoms with Gasteiger partial charge in [0.1, 0.15) is 6.61 Å². The molecular formula is C13H28N2O3Si. The highest BCUT2D eigenvalue weighted by Gasteiger charge is 2.22. The molecule has 5 nitrogen and oxygen atoms in total. The first kappa shape index (κ1) is 16.5. The Morgan fingerprint density at radius 2 is 2.26 bits per heavy atom. The quantitative estimate of drug-likeness (QED) is 0.670. The van der Waals surface area contributed by atoms with Crippen molar-refractivity contribution < 1.29 is 14.3 Å². The number of nitrogens with two attached hydrogens (primary N) is 1. The zero-order chi connectivity index (χ0) is 14.3. The monoisotopic (exact) mass is 288 g/mol. The SMILES string of the molecule is C[Si](C)(C)CCN[C@H](COC(N)=O)C[C@@H]1CCCO1. The van der Waals surface area contributed by atoms with Crippen LogP contribution in [0.15, 0.2) is 0 Å². The van der Waals surface area contributed by atoms with Gasteiger partial charge in [-0.1, -0.05) is 19.6 Å². The van der Waals surface area contributed by atoms with Crippen LogP contribution in [0.4, 0.5) is 4.79 Å². The lowest BCUT2D eigenvalue weighted by atomic mass is 10.1. The number of rotatable bonds is 8. The third-order valence-electron chi connectivity index (χ3n) is 3.31. The molecule has 1 aliphatic heterocycles. The summed E-state index contributed by atoms with van der Waals surface area (Å²) in [5.74, 6) is 0. The molecule has 0 aliphatic carbocycles. The van der Waals surface area contributed by atoms with Gasteiger partial charge >= 0.3 is 6.09 Å². The van der Waals surface area contributed by atoms with E-state index in [1.54, 1.807) is 0 Å². The highest BCUT2D eigenvalue weighted by Crippen LogP contribution is 2.17. The molecule has 19 heavy (non-hydrogen) atoms. The number of nitrogens with one attached hydrogen (secondary N) is 1. The standard InChI is InChI=1S/C13H28N2O3Si/c1-19(2,3)8-6-15-11(10-18-13(14)16)9-12-5-4-7-17-12/h11-12,15H,4-10H2,1-3H3,(H2,14,16)/t11-,12-/m0/s1. The number of hydrogen-bond donors (Lipinski definition) is 2. The van der Waals surface area contributed by atoms with Crippen LogP contribution in [0.25, 0.3) is 0 Å². The second-order valence-corrected chi connectivity index (χ2v) is 12.1. The summed E-state index contributed by atoms with van der Waals surface area (Å²) in [5, 5.41) is 3.48. The van der Waals surface area contributed by atoms with Gasteiger partial charge in [0.2, 0.25) is 0 Å². The summed E-state index contributed by atoms with van der Waals surface area (Å²) in [7, 11) is -1.04. The molecule has 1 fully saturated rings. The Labute approximate surface area is 117 Å². The Balaban J connectivity index is 2.32. The maximum absolute atomic E-state index is 10.7. The lowest BCUT2D eigenvalue weighted by molar-refractivity contribution is 0.0796. The Hall–Kier alpha value is -0.593. The van der Waals surface area contributed by atoms with Crippen molar-refractivity contribution >= 4 is 14.2 Å². The summed E-state index contributed by atoms with van der Waals surface area (Å²) < 4.78 is 10.6. The number of primary amides is 1. The Morgan fingerprint density at radius 3 is 2.79 bits per heavy atom. The molecule has 1 amide bonds. The molecule has 0 aromatic rings. The molecule has 2 atom stereocenters. The molecule has 0 saturated carbocycles. The van der Waals surface area contributed by atoms with Gasteiger partial charge < -0.3 is 20.5 Å². The predicted octanol–water partition coefficient (Wildman–Crippen LogP) is 1.95. The Bertz CT molecular complexity index is 276. The topological polar surface area (TPSA) is 73.6 Å². The molecule has 0 aromatic carbocycles. The van der Waals surface area contributed by atoms with Crippen molar-refractivity contribution in [1.82, 2.24) is 5.32 Å². The molecule has 3 N–H and O–H groups in total. The molecule has 0 radical (unpaired) electrons. The highest BCUT2D eigenvalue weighted by molar-refractivity contribution is 6.76. The molecule has 112 valence electrons. The van der Waals surface area contributed by atoms with E-state index in [-0.39, 0.29) is 6.04 Å². The van der Waals surface area contributed by atoms with Crippen LogP contribution in [0.3, 0.4) is 0 Å². The smallest absolute Gasteiger partial charge is 0.404 e. The van der Waals surface area contributed by atoms with E-state index >= 15 is 0 Å². The largest absolute Gasteiger partial charge is 0.448 e. The summed E-state index contributed by atoms with van der Waals surface area (Å²) in [6.07, 6.45) is 2.70. The van der Waals surface area contributed by atoms with Gasteiger partial charge in [-0.25, -0.2) is 4.79 Å². The maximum atomic E-state index is 10.7. The van der Waals surface area contributed by atoms with Gasteiger partial charge in [-0.2, -0.15) is 0 Å². The van der Waals surface area contributed by atoms with Crippen LogP contribution in [-0.2, 0) is 9.47 Å². The van der Waals surface area contributed by atoms with E-state index in [1.165, 1.54) is 6.04 Å². The van der Waals surface area contributed by atoms with Crippen LogP contribution in [-0.4, -0.2) is 46.1 Å². The number of carbonyl (C=O) groups is 1. The number of amides is 1. The first-order chi connectivity index (χ1) is 8.87. The summed E-state index contributed by atoms with van der Waals surface area (Å²) in [6.45, 7) is 9.20. The van der Waals surface area contributed by atoms with E-state index in [0.29, 0.717) is 12.7 Å². The third kappa shape index (κ3) is 8.23. The minimum atomic E-state index is -1.04. The van der Waals surface area contributed by atoms with Crippen molar-refractivity contribution in [2.75, 3.05) is 19.8 Å². The zero-order valence-corrected chi connectivity index (χ0v) is 13.4. The molecule has 1 aliphatic rings. The summed E-state index contributed by atoms with van der Waals surface area (Å²) in [6, 6.07) is 1.36. The minimum absolute atomic E-state index is 0.145. The first-order valence-electron chi connectivity index (χ1n) is 7.14. The van der Waals surface area contributed by atoms with Crippen molar-refractivity contribution in [3.8, 4) is 0 Å². The number of carbonyl (C=O) groups excluding carboxylic acids is 1. The van der Waals surface area contributed by atoms with E-state index in [4.69, 9.17) is 15.2 Å². The summed E-state index contributed by atoms with van der Waals surface area (Å²) in [4.78, 5) is 10.7. The Kier molecular flexibility index (Phi) is 6.81. The van der Waals surface area contributed by atoms with Crippen LogP contribution in [0.1, 0.15) is 19.3 Å². The van der Waals surface area contributed by atoms with Crippen LogP contribution < -0.4 is 11.1 Å². The van der Waals surface area contributed by atoms with Crippen LogP contribution >= 0.6 is 0 Å². The van der Waals surface area contributed by atoms with Crippen LogP contribution in [0.2, 0.25) is 25.7 Å². The van der Waals surface area contributed by atoms with Gasteiger partial charge in [0.25, 0.3) is 0 Å². The molecular weight excluding hydrogens is 260 g/mol. The third-order valence-corrected chi connectivity index (χ3v) is 5.06. The molecule has 1 saturated heterocycles. The number of hydrogen-bond acceptors (Lipinski definition) is 4. The first-order valence-corrected chi connectivity index (χ1v) is 10.8. The van der Waals surface area contributed by atoms with E-state index in [0.717, 1.165) is 32.4 Å². The lowest BCUT2D eigenvalue weighted by Gasteiger charge is -2.23. The van der Waals surface area contributed by atoms with Gasteiger partial charge in [-0.15, -0.1) is 0 Å².